The Morgan fingerprint density at radius 3 is 2.38 bits per heavy atom. The molecule has 1 aliphatic rings. The van der Waals surface area contributed by atoms with E-state index in [1.54, 1.807) is 11.0 Å². The Kier molecular flexibility index (Phi) is 7.49. The van der Waals surface area contributed by atoms with Gasteiger partial charge in [0.2, 0.25) is 17.7 Å². The molecule has 2 aromatic carbocycles. The Bertz CT molecular complexity index is 1180. The molecule has 1 fully saturated rings. The standard InChI is InChI=1S/C26H26N4O3S/c1-18(31)27-22-10-8-20(9-11-22)23-17-34-26(28-23)29-25(33)21-13-15-30(16-14-21)24(32)12-7-19-5-3-2-4-6-19/h2-12,17,21H,13-16H2,1H3,(H,27,31)(H,28,29,33)/b12-7-. The number of anilines is 2. The zero-order valence-corrected chi connectivity index (χ0v) is 19.7. The van der Waals surface area contributed by atoms with E-state index in [0.717, 1.165) is 22.5 Å². The predicted octanol–water partition coefficient (Wildman–Crippen LogP) is 4.66. The van der Waals surface area contributed by atoms with Crippen LogP contribution in [0.25, 0.3) is 17.3 Å². The van der Waals surface area contributed by atoms with Crippen LogP contribution in [0.2, 0.25) is 0 Å². The molecule has 1 saturated heterocycles. The van der Waals surface area contributed by atoms with E-state index in [9.17, 15) is 14.4 Å². The molecule has 0 aliphatic carbocycles. The lowest BCUT2D eigenvalue weighted by atomic mass is 9.96. The van der Waals surface area contributed by atoms with Crippen LogP contribution >= 0.6 is 11.3 Å². The monoisotopic (exact) mass is 474 g/mol. The van der Waals surface area contributed by atoms with Crippen LogP contribution in [0.5, 0.6) is 0 Å². The van der Waals surface area contributed by atoms with Gasteiger partial charge in [-0.1, -0.05) is 42.5 Å². The van der Waals surface area contributed by atoms with E-state index in [2.05, 4.69) is 15.6 Å². The Hall–Kier alpha value is -3.78. The summed E-state index contributed by atoms with van der Waals surface area (Å²) in [6.07, 6.45) is 4.66. The van der Waals surface area contributed by atoms with Crippen molar-refractivity contribution in [2.75, 3.05) is 23.7 Å². The molecule has 0 unspecified atom stereocenters. The Morgan fingerprint density at radius 1 is 1.00 bits per heavy atom. The molecular formula is C26H26N4O3S. The molecule has 0 bridgehead atoms. The maximum atomic E-state index is 12.7. The molecule has 3 aromatic rings. The summed E-state index contributed by atoms with van der Waals surface area (Å²) in [5, 5.41) is 8.10. The zero-order valence-electron chi connectivity index (χ0n) is 18.9. The van der Waals surface area contributed by atoms with Crippen molar-refractivity contribution in [3.8, 4) is 11.3 Å². The highest BCUT2D eigenvalue weighted by Gasteiger charge is 2.27. The van der Waals surface area contributed by atoms with E-state index in [1.807, 2.05) is 66.1 Å². The largest absolute Gasteiger partial charge is 0.339 e. The predicted molar refractivity (Wildman–Crippen MR) is 135 cm³/mol. The molecule has 0 radical (unpaired) electrons. The average molecular weight is 475 g/mol. The molecule has 2 heterocycles. The number of piperidine rings is 1. The number of carbonyl (C=O) groups excluding carboxylic acids is 3. The normalized spacial score (nSPS) is 14.2. The second-order valence-corrected chi connectivity index (χ2v) is 8.99. The van der Waals surface area contributed by atoms with Crippen LogP contribution in [-0.2, 0) is 14.4 Å². The van der Waals surface area contributed by atoms with Crippen LogP contribution in [-0.4, -0.2) is 40.7 Å². The van der Waals surface area contributed by atoms with Crippen molar-refractivity contribution >= 4 is 46.0 Å². The minimum atomic E-state index is -0.147. The Morgan fingerprint density at radius 2 is 1.71 bits per heavy atom. The van der Waals surface area contributed by atoms with Gasteiger partial charge in [-0.05, 0) is 36.6 Å². The van der Waals surface area contributed by atoms with Gasteiger partial charge in [0.25, 0.3) is 0 Å². The number of hydrogen-bond donors (Lipinski definition) is 2. The highest BCUT2D eigenvalue weighted by molar-refractivity contribution is 7.14. The Balaban J connectivity index is 1.27. The fourth-order valence-electron chi connectivity index (χ4n) is 3.80. The molecule has 0 spiro atoms. The molecule has 174 valence electrons. The van der Waals surface area contributed by atoms with Gasteiger partial charge in [0, 0.05) is 48.6 Å². The van der Waals surface area contributed by atoms with Crippen molar-refractivity contribution in [1.29, 1.82) is 0 Å². The zero-order chi connectivity index (χ0) is 23.9. The summed E-state index contributed by atoms with van der Waals surface area (Å²) in [5.74, 6) is -0.359. The first kappa shape index (κ1) is 23.4. The lowest BCUT2D eigenvalue weighted by Crippen LogP contribution is -2.40. The second kappa shape index (κ2) is 10.9. The summed E-state index contributed by atoms with van der Waals surface area (Å²) in [7, 11) is 0. The fraction of sp³-hybridized carbons (Fsp3) is 0.231. The molecule has 1 aliphatic heterocycles. The van der Waals surface area contributed by atoms with Crippen LogP contribution in [0.15, 0.2) is 66.1 Å². The highest BCUT2D eigenvalue weighted by atomic mass is 32.1. The van der Waals surface area contributed by atoms with Crippen LogP contribution in [0.3, 0.4) is 0 Å². The van der Waals surface area contributed by atoms with E-state index >= 15 is 0 Å². The number of likely N-dealkylation sites (tertiary alicyclic amines) is 1. The van der Waals surface area contributed by atoms with Gasteiger partial charge in [0.15, 0.2) is 5.13 Å². The van der Waals surface area contributed by atoms with Gasteiger partial charge in [-0.2, -0.15) is 0 Å². The van der Waals surface area contributed by atoms with E-state index in [4.69, 9.17) is 0 Å². The molecule has 2 N–H and O–H groups in total. The molecule has 0 atom stereocenters. The van der Waals surface area contributed by atoms with Crippen molar-refractivity contribution in [2.24, 2.45) is 5.92 Å². The first-order chi connectivity index (χ1) is 16.5. The van der Waals surface area contributed by atoms with Gasteiger partial charge in [-0.3, -0.25) is 14.4 Å². The number of nitrogens with one attached hydrogen (secondary N) is 2. The minimum Gasteiger partial charge on any atom is -0.339 e. The topological polar surface area (TPSA) is 91.4 Å². The molecular weight excluding hydrogens is 448 g/mol. The number of rotatable bonds is 6. The number of thiazole rings is 1. The fourth-order valence-corrected chi connectivity index (χ4v) is 4.52. The van der Waals surface area contributed by atoms with Gasteiger partial charge in [-0.15, -0.1) is 11.3 Å². The van der Waals surface area contributed by atoms with Gasteiger partial charge in [0.05, 0.1) is 5.69 Å². The maximum absolute atomic E-state index is 12.7. The van der Waals surface area contributed by atoms with Crippen LogP contribution in [0, 0.1) is 5.92 Å². The summed E-state index contributed by atoms with van der Waals surface area (Å²) in [6, 6.07) is 17.1. The van der Waals surface area contributed by atoms with Crippen LogP contribution in [0.4, 0.5) is 10.8 Å². The quantitative estimate of drug-likeness (QED) is 0.509. The highest BCUT2D eigenvalue weighted by Crippen LogP contribution is 2.27. The van der Waals surface area contributed by atoms with E-state index in [1.165, 1.54) is 18.3 Å². The second-order valence-electron chi connectivity index (χ2n) is 8.13. The number of carbonyl (C=O) groups is 3. The Labute approximate surface area is 202 Å². The number of benzene rings is 2. The van der Waals surface area contributed by atoms with Crippen molar-refractivity contribution in [2.45, 2.75) is 19.8 Å². The maximum Gasteiger partial charge on any atom is 0.246 e. The molecule has 3 amide bonds. The summed E-state index contributed by atoms with van der Waals surface area (Å²) < 4.78 is 0. The van der Waals surface area contributed by atoms with Crippen LogP contribution < -0.4 is 10.6 Å². The summed E-state index contributed by atoms with van der Waals surface area (Å²) in [6.45, 7) is 2.58. The third-order valence-electron chi connectivity index (χ3n) is 5.63. The first-order valence-corrected chi connectivity index (χ1v) is 12.0. The summed E-state index contributed by atoms with van der Waals surface area (Å²) in [4.78, 5) is 42.7. The summed E-state index contributed by atoms with van der Waals surface area (Å²) in [5.41, 5.74) is 3.37. The lowest BCUT2D eigenvalue weighted by molar-refractivity contribution is -0.130. The van der Waals surface area contributed by atoms with Crippen molar-refractivity contribution in [1.82, 2.24) is 9.88 Å². The van der Waals surface area contributed by atoms with Crippen molar-refractivity contribution in [3.63, 3.8) is 0 Å². The average Bonchev–Trinajstić information content (AvgIpc) is 3.32. The van der Waals surface area contributed by atoms with E-state index in [-0.39, 0.29) is 23.6 Å². The van der Waals surface area contributed by atoms with Gasteiger partial charge in [0.1, 0.15) is 0 Å². The minimum absolute atomic E-state index is 0.0307. The first-order valence-electron chi connectivity index (χ1n) is 11.1. The third kappa shape index (κ3) is 6.17. The van der Waals surface area contributed by atoms with E-state index in [0.29, 0.717) is 31.1 Å². The third-order valence-corrected chi connectivity index (χ3v) is 6.39. The van der Waals surface area contributed by atoms with Crippen molar-refractivity contribution in [3.05, 3.63) is 71.6 Å². The summed E-state index contributed by atoms with van der Waals surface area (Å²) >= 11 is 1.38. The van der Waals surface area contributed by atoms with Gasteiger partial charge >= 0.3 is 0 Å². The number of aromatic nitrogens is 1. The molecule has 4 rings (SSSR count). The lowest BCUT2D eigenvalue weighted by Gasteiger charge is -2.30. The van der Waals surface area contributed by atoms with Gasteiger partial charge in [-0.25, -0.2) is 4.98 Å². The number of amides is 3. The molecule has 0 saturated carbocycles. The number of hydrogen-bond acceptors (Lipinski definition) is 5. The molecule has 34 heavy (non-hydrogen) atoms. The van der Waals surface area contributed by atoms with Crippen molar-refractivity contribution < 1.29 is 14.4 Å². The number of nitrogens with zero attached hydrogens (tertiary/aromatic N) is 2. The van der Waals surface area contributed by atoms with E-state index < -0.39 is 0 Å². The SMILES string of the molecule is CC(=O)Nc1ccc(-c2csc(NC(=O)C3CCN(C(=O)/C=C\c4ccccc4)CC3)n2)cc1. The van der Waals surface area contributed by atoms with Crippen LogP contribution in [0.1, 0.15) is 25.3 Å². The van der Waals surface area contributed by atoms with Gasteiger partial charge < -0.3 is 15.5 Å². The molecule has 8 heteroatoms. The smallest absolute Gasteiger partial charge is 0.246 e. The molecule has 1 aromatic heterocycles. The molecule has 7 nitrogen and oxygen atoms in total.